The highest BCUT2D eigenvalue weighted by atomic mass is 16.2. The van der Waals surface area contributed by atoms with Crippen molar-refractivity contribution in [2.45, 2.75) is 45.4 Å². The lowest BCUT2D eigenvalue weighted by Crippen LogP contribution is -2.32. The molecule has 1 aliphatic rings. The summed E-state index contributed by atoms with van der Waals surface area (Å²) in [6.07, 6.45) is 3.55. The topological polar surface area (TPSA) is 66.5 Å². The molecule has 5 heteroatoms. The Bertz CT molecular complexity index is 882. The van der Waals surface area contributed by atoms with Crippen LogP contribution in [0, 0.1) is 11.8 Å². The second kappa shape index (κ2) is 10.9. The third-order valence-electron chi connectivity index (χ3n) is 6.24. The standard InChI is InChI=1S/C26H32N2O3/c1-19(21-13-7-5-8-14-21)23-20(2)25(30)28(26(23)31)18-12-4-3-11-17-27-24(29)22-15-9-6-10-16-22/h5-10,13-16,19-20,23H,3-4,11-12,17-18H2,1-2H3,(H,27,29). The first-order valence-corrected chi connectivity index (χ1v) is 11.2. The average molecular weight is 421 g/mol. The molecule has 0 aromatic heterocycles. The highest BCUT2D eigenvalue weighted by Gasteiger charge is 2.47. The van der Waals surface area contributed by atoms with E-state index in [2.05, 4.69) is 5.32 Å². The van der Waals surface area contributed by atoms with E-state index in [9.17, 15) is 14.4 Å². The van der Waals surface area contributed by atoms with Crippen molar-refractivity contribution in [2.24, 2.45) is 11.8 Å². The predicted molar refractivity (Wildman–Crippen MR) is 121 cm³/mol. The Hall–Kier alpha value is -2.95. The van der Waals surface area contributed by atoms with Gasteiger partial charge >= 0.3 is 0 Å². The number of rotatable bonds is 10. The molecule has 1 aliphatic heterocycles. The molecule has 3 unspecified atom stereocenters. The summed E-state index contributed by atoms with van der Waals surface area (Å²) in [7, 11) is 0. The lowest BCUT2D eigenvalue weighted by atomic mass is 9.81. The molecule has 3 amide bonds. The van der Waals surface area contributed by atoms with Gasteiger partial charge in [-0.1, -0.05) is 75.2 Å². The fourth-order valence-electron chi connectivity index (χ4n) is 4.38. The maximum Gasteiger partial charge on any atom is 0.251 e. The van der Waals surface area contributed by atoms with Crippen LogP contribution in [0.15, 0.2) is 60.7 Å². The van der Waals surface area contributed by atoms with Crippen molar-refractivity contribution in [2.75, 3.05) is 13.1 Å². The lowest BCUT2D eigenvalue weighted by Gasteiger charge is -2.20. The maximum atomic E-state index is 13.0. The first-order valence-electron chi connectivity index (χ1n) is 11.2. The Morgan fingerprint density at radius 1 is 0.903 bits per heavy atom. The minimum atomic E-state index is -0.289. The summed E-state index contributed by atoms with van der Waals surface area (Å²) in [6.45, 7) is 5.02. The molecule has 0 bridgehead atoms. The van der Waals surface area contributed by atoms with Crippen LogP contribution in [0.4, 0.5) is 0 Å². The van der Waals surface area contributed by atoms with Crippen molar-refractivity contribution < 1.29 is 14.4 Å². The van der Waals surface area contributed by atoms with Gasteiger partial charge in [0, 0.05) is 24.6 Å². The van der Waals surface area contributed by atoms with Gasteiger partial charge in [-0.25, -0.2) is 0 Å². The van der Waals surface area contributed by atoms with E-state index in [1.54, 1.807) is 12.1 Å². The molecule has 0 spiro atoms. The Labute approximate surface area is 184 Å². The van der Waals surface area contributed by atoms with E-state index in [4.69, 9.17) is 0 Å². The Kier molecular flexibility index (Phi) is 7.99. The average Bonchev–Trinajstić information content (AvgIpc) is 3.01. The quantitative estimate of drug-likeness (QED) is 0.458. The van der Waals surface area contributed by atoms with Crippen LogP contribution in [0.5, 0.6) is 0 Å². The van der Waals surface area contributed by atoms with Crippen LogP contribution in [-0.4, -0.2) is 35.7 Å². The number of carbonyl (C=O) groups is 3. The molecular formula is C26H32N2O3. The monoisotopic (exact) mass is 420 g/mol. The summed E-state index contributed by atoms with van der Waals surface area (Å²) in [4.78, 5) is 39.1. The number of carbonyl (C=O) groups excluding carboxylic acids is 3. The van der Waals surface area contributed by atoms with Gasteiger partial charge in [0.1, 0.15) is 0 Å². The van der Waals surface area contributed by atoms with E-state index >= 15 is 0 Å². The number of hydrogen-bond acceptors (Lipinski definition) is 3. The molecule has 1 saturated heterocycles. The van der Waals surface area contributed by atoms with Crippen molar-refractivity contribution in [1.82, 2.24) is 10.2 Å². The van der Waals surface area contributed by atoms with Crippen LogP contribution in [0.3, 0.4) is 0 Å². The van der Waals surface area contributed by atoms with E-state index in [-0.39, 0.29) is 35.5 Å². The molecule has 2 aromatic rings. The number of imide groups is 1. The third kappa shape index (κ3) is 5.60. The first kappa shape index (κ1) is 22.7. The molecule has 0 saturated carbocycles. The molecule has 2 aromatic carbocycles. The van der Waals surface area contributed by atoms with E-state index < -0.39 is 0 Å². The largest absolute Gasteiger partial charge is 0.352 e. The molecule has 1 heterocycles. The van der Waals surface area contributed by atoms with Crippen molar-refractivity contribution in [3.63, 3.8) is 0 Å². The fourth-order valence-corrected chi connectivity index (χ4v) is 4.38. The van der Waals surface area contributed by atoms with E-state index in [0.29, 0.717) is 18.7 Å². The summed E-state index contributed by atoms with van der Waals surface area (Å²) in [5.41, 5.74) is 1.77. The van der Waals surface area contributed by atoms with Crippen LogP contribution < -0.4 is 5.32 Å². The van der Waals surface area contributed by atoms with Crippen LogP contribution >= 0.6 is 0 Å². The molecule has 0 aliphatic carbocycles. The van der Waals surface area contributed by atoms with Gasteiger partial charge in [-0.05, 0) is 36.5 Å². The first-order chi connectivity index (χ1) is 15.0. The summed E-state index contributed by atoms with van der Waals surface area (Å²) in [5.74, 6) is -0.691. The third-order valence-corrected chi connectivity index (χ3v) is 6.24. The van der Waals surface area contributed by atoms with Crippen molar-refractivity contribution in [3.8, 4) is 0 Å². The Morgan fingerprint density at radius 3 is 2.19 bits per heavy atom. The molecule has 3 rings (SSSR count). The second-order valence-corrected chi connectivity index (χ2v) is 8.38. The van der Waals surface area contributed by atoms with Gasteiger partial charge in [-0.15, -0.1) is 0 Å². The van der Waals surface area contributed by atoms with Crippen molar-refractivity contribution in [1.29, 1.82) is 0 Å². The molecule has 5 nitrogen and oxygen atoms in total. The molecule has 1 fully saturated rings. The molecule has 0 radical (unpaired) electrons. The number of likely N-dealkylation sites (tertiary alicyclic amines) is 1. The number of amides is 3. The number of unbranched alkanes of at least 4 members (excludes halogenated alkanes) is 3. The zero-order chi connectivity index (χ0) is 22.2. The van der Waals surface area contributed by atoms with Crippen LogP contribution in [0.2, 0.25) is 0 Å². The lowest BCUT2D eigenvalue weighted by molar-refractivity contribution is -0.140. The second-order valence-electron chi connectivity index (χ2n) is 8.38. The van der Waals surface area contributed by atoms with Gasteiger partial charge in [-0.3, -0.25) is 19.3 Å². The van der Waals surface area contributed by atoms with Crippen molar-refractivity contribution >= 4 is 17.7 Å². The number of benzene rings is 2. The minimum absolute atomic E-state index is 0.0193. The normalized spacial score (nSPS) is 19.5. The molecule has 1 N–H and O–H groups in total. The van der Waals surface area contributed by atoms with Gasteiger partial charge in [-0.2, -0.15) is 0 Å². The highest BCUT2D eigenvalue weighted by molar-refractivity contribution is 6.05. The molecule has 164 valence electrons. The minimum Gasteiger partial charge on any atom is -0.352 e. The van der Waals surface area contributed by atoms with Gasteiger partial charge in [0.15, 0.2) is 0 Å². The smallest absolute Gasteiger partial charge is 0.251 e. The number of nitrogens with one attached hydrogen (secondary N) is 1. The summed E-state index contributed by atoms with van der Waals surface area (Å²) in [5, 5.41) is 2.93. The molecule has 31 heavy (non-hydrogen) atoms. The Balaban J connectivity index is 1.39. The molecular weight excluding hydrogens is 388 g/mol. The SMILES string of the molecule is CC1C(=O)N(CCCCCCNC(=O)c2ccccc2)C(=O)C1C(C)c1ccccc1. The van der Waals surface area contributed by atoms with Crippen molar-refractivity contribution in [3.05, 3.63) is 71.8 Å². The predicted octanol–water partition coefficient (Wildman–Crippen LogP) is 4.40. The Morgan fingerprint density at radius 2 is 1.52 bits per heavy atom. The van der Waals surface area contributed by atoms with Crippen LogP contribution in [0.25, 0.3) is 0 Å². The number of hydrogen-bond donors (Lipinski definition) is 1. The van der Waals surface area contributed by atoms with E-state index in [0.717, 1.165) is 31.2 Å². The highest BCUT2D eigenvalue weighted by Crippen LogP contribution is 2.37. The summed E-state index contributed by atoms with van der Waals surface area (Å²) in [6, 6.07) is 19.1. The number of nitrogens with zero attached hydrogens (tertiary/aromatic N) is 1. The van der Waals surface area contributed by atoms with E-state index in [1.807, 2.05) is 62.4 Å². The molecule has 3 atom stereocenters. The maximum absolute atomic E-state index is 13.0. The summed E-state index contributed by atoms with van der Waals surface area (Å²) < 4.78 is 0. The van der Waals surface area contributed by atoms with Gasteiger partial charge in [0.25, 0.3) is 5.91 Å². The van der Waals surface area contributed by atoms with Crippen LogP contribution in [0.1, 0.15) is 61.4 Å². The summed E-state index contributed by atoms with van der Waals surface area (Å²) >= 11 is 0. The van der Waals surface area contributed by atoms with E-state index in [1.165, 1.54) is 4.90 Å². The van der Waals surface area contributed by atoms with Gasteiger partial charge in [0.05, 0.1) is 5.92 Å². The zero-order valence-electron chi connectivity index (χ0n) is 18.4. The van der Waals surface area contributed by atoms with Crippen LogP contribution in [-0.2, 0) is 9.59 Å². The zero-order valence-corrected chi connectivity index (χ0v) is 18.4. The fraction of sp³-hybridized carbons (Fsp3) is 0.423. The van der Waals surface area contributed by atoms with Gasteiger partial charge in [0.2, 0.25) is 11.8 Å². The van der Waals surface area contributed by atoms with Gasteiger partial charge < -0.3 is 5.32 Å².